The van der Waals surface area contributed by atoms with Crippen LogP contribution in [-0.4, -0.2) is 31.7 Å². The van der Waals surface area contributed by atoms with E-state index in [1.165, 1.54) is 4.90 Å². The first kappa shape index (κ1) is 20.7. The van der Waals surface area contributed by atoms with Crippen molar-refractivity contribution in [3.63, 3.8) is 0 Å². The molecule has 0 bridgehead atoms. The van der Waals surface area contributed by atoms with Crippen LogP contribution in [0.25, 0.3) is 16.7 Å². The van der Waals surface area contributed by atoms with Crippen LogP contribution in [-0.2, 0) is 22.6 Å². The zero-order chi connectivity index (χ0) is 22.9. The Morgan fingerprint density at radius 2 is 1.79 bits per heavy atom. The lowest BCUT2D eigenvalue weighted by Crippen LogP contribution is -2.29. The van der Waals surface area contributed by atoms with E-state index in [1.807, 2.05) is 48.5 Å². The van der Waals surface area contributed by atoms with E-state index >= 15 is 0 Å². The number of carbonyl (C=O) groups excluding carboxylic acids is 2. The van der Waals surface area contributed by atoms with Gasteiger partial charge in [-0.3, -0.25) is 14.6 Å². The number of rotatable bonds is 5. The van der Waals surface area contributed by atoms with Crippen molar-refractivity contribution in [2.45, 2.75) is 25.9 Å². The SMILES string of the molecule is CCc1ccc(/C(O)=C2\C(=O)C(=O)N(Cc3ccccn3)C2c2c[nH]c3ccccc23)cc1. The maximum atomic E-state index is 13.2. The molecule has 1 fully saturated rings. The Balaban J connectivity index is 1.69. The molecule has 2 aromatic heterocycles. The number of fused-ring (bicyclic) bond motifs is 1. The first-order valence-corrected chi connectivity index (χ1v) is 10.9. The van der Waals surface area contributed by atoms with Crippen LogP contribution in [0, 0.1) is 0 Å². The van der Waals surface area contributed by atoms with Crippen LogP contribution in [0.1, 0.15) is 35.3 Å². The lowest BCUT2D eigenvalue weighted by molar-refractivity contribution is -0.140. The second-order valence-electron chi connectivity index (χ2n) is 8.09. The fourth-order valence-corrected chi connectivity index (χ4v) is 4.41. The number of pyridine rings is 1. The van der Waals surface area contributed by atoms with Crippen LogP contribution in [0.3, 0.4) is 0 Å². The first-order chi connectivity index (χ1) is 16.1. The Morgan fingerprint density at radius 1 is 1.03 bits per heavy atom. The van der Waals surface area contributed by atoms with Crippen molar-refractivity contribution in [2.24, 2.45) is 0 Å². The predicted octanol–water partition coefficient (Wildman–Crippen LogP) is 4.75. The molecule has 164 valence electrons. The van der Waals surface area contributed by atoms with Crippen molar-refractivity contribution in [3.8, 4) is 0 Å². The van der Waals surface area contributed by atoms with Crippen molar-refractivity contribution in [2.75, 3.05) is 0 Å². The van der Waals surface area contributed by atoms with Gasteiger partial charge in [-0.05, 0) is 30.2 Å². The quantitative estimate of drug-likeness (QED) is 0.268. The smallest absolute Gasteiger partial charge is 0.296 e. The average Bonchev–Trinajstić information content (AvgIpc) is 3.38. The van der Waals surface area contributed by atoms with Gasteiger partial charge in [0.05, 0.1) is 23.9 Å². The summed E-state index contributed by atoms with van der Waals surface area (Å²) in [5, 5.41) is 12.1. The Labute approximate surface area is 191 Å². The van der Waals surface area contributed by atoms with Crippen molar-refractivity contribution >= 4 is 28.4 Å². The molecule has 0 radical (unpaired) electrons. The van der Waals surface area contributed by atoms with E-state index in [4.69, 9.17) is 0 Å². The average molecular weight is 437 g/mol. The Morgan fingerprint density at radius 3 is 2.52 bits per heavy atom. The van der Waals surface area contributed by atoms with E-state index in [1.54, 1.807) is 30.6 Å². The third kappa shape index (κ3) is 3.59. The number of aliphatic hydroxyl groups is 1. The summed E-state index contributed by atoms with van der Waals surface area (Å²) in [7, 11) is 0. The van der Waals surface area contributed by atoms with Crippen LogP contribution in [0.5, 0.6) is 0 Å². The molecule has 4 aromatic rings. The highest BCUT2D eigenvalue weighted by atomic mass is 16.3. The van der Waals surface area contributed by atoms with Crippen LogP contribution in [0.2, 0.25) is 0 Å². The summed E-state index contributed by atoms with van der Waals surface area (Å²) in [6.45, 7) is 2.20. The molecule has 3 heterocycles. The first-order valence-electron chi connectivity index (χ1n) is 10.9. The molecule has 2 aromatic carbocycles. The summed E-state index contributed by atoms with van der Waals surface area (Å²) < 4.78 is 0. The fourth-order valence-electron chi connectivity index (χ4n) is 4.41. The normalized spacial score (nSPS) is 17.7. The Kier molecular flexibility index (Phi) is 5.26. The monoisotopic (exact) mass is 437 g/mol. The number of ketones is 1. The highest BCUT2D eigenvalue weighted by Gasteiger charge is 2.47. The number of nitrogens with one attached hydrogen (secondary N) is 1. The van der Waals surface area contributed by atoms with Gasteiger partial charge in [-0.2, -0.15) is 0 Å². The third-order valence-corrected chi connectivity index (χ3v) is 6.15. The summed E-state index contributed by atoms with van der Waals surface area (Å²) in [5.41, 5.74) is 4.03. The molecule has 0 aliphatic carbocycles. The van der Waals surface area contributed by atoms with Gasteiger partial charge in [-0.1, -0.05) is 55.5 Å². The van der Waals surface area contributed by atoms with Gasteiger partial charge in [-0.15, -0.1) is 0 Å². The molecule has 33 heavy (non-hydrogen) atoms. The summed E-state index contributed by atoms with van der Waals surface area (Å²) in [4.78, 5) is 35.5. The number of hydrogen-bond donors (Lipinski definition) is 2. The number of aryl methyl sites for hydroxylation is 1. The molecule has 1 unspecified atom stereocenters. The second-order valence-corrected chi connectivity index (χ2v) is 8.09. The zero-order valence-corrected chi connectivity index (χ0v) is 18.2. The number of H-pyrrole nitrogens is 1. The van der Waals surface area contributed by atoms with Gasteiger partial charge in [0.1, 0.15) is 5.76 Å². The van der Waals surface area contributed by atoms with E-state index in [2.05, 4.69) is 16.9 Å². The van der Waals surface area contributed by atoms with E-state index in [0.717, 1.165) is 28.5 Å². The number of likely N-dealkylation sites (tertiary alicyclic amines) is 1. The third-order valence-electron chi connectivity index (χ3n) is 6.15. The van der Waals surface area contributed by atoms with Crippen molar-refractivity contribution in [1.82, 2.24) is 14.9 Å². The second kappa shape index (κ2) is 8.39. The van der Waals surface area contributed by atoms with Crippen LogP contribution < -0.4 is 0 Å². The molecule has 1 atom stereocenters. The van der Waals surface area contributed by atoms with E-state index in [-0.39, 0.29) is 17.9 Å². The lowest BCUT2D eigenvalue weighted by atomic mass is 9.94. The van der Waals surface area contributed by atoms with Gasteiger partial charge in [0.25, 0.3) is 11.7 Å². The topological polar surface area (TPSA) is 86.3 Å². The van der Waals surface area contributed by atoms with Gasteiger partial charge in [0.15, 0.2) is 0 Å². The number of aliphatic hydroxyl groups excluding tert-OH is 1. The van der Waals surface area contributed by atoms with Crippen molar-refractivity contribution in [1.29, 1.82) is 0 Å². The fraction of sp³-hybridized carbons (Fsp3) is 0.148. The van der Waals surface area contributed by atoms with Gasteiger partial charge >= 0.3 is 0 Å². The molecule has 6 heteroatoms. The minimum atomic E-state index is -0.742. The minimum Gasteiger partial charge on any atom is -0.507 e. The molecule has 0 saturated carbocycles. The zero-order valence-electron chi connectivity index (χ0n) is 18.2. The summed E-state index contributed by atoms with van der Waals surface area (Å²) in [5.74, 6) is -1.52. The Hall–Kier alpha value is -4.19. The highest BCUT2D eigenvalue weighted by molar-refractivity contribution is 6.46. The van der Waals surface area contributed by atoms with Gasteiger partial charge in [0.2, 0.25) is 0 Å². The molecule has 5 rings (SSSR count). The number of para-hydroxylation sites is 1. The standard InChI is InChI=1S/C27H23N3O3/c1-2-17-10-12-18(13-11-17)25(31)23-24(21-15-29-22-9-4-3-8-20(21)22)30(27(33)26(23)32)16-19-7-5-6-14-28-19/h3-15,24,29,31H,2,16H2,1H3/b25-23+. The van der Waals surface area contributed by atoms with E-state index in [9.17, 15) is 14.7 Å². The Bertz CT molecular complexity index is 1370. The summed E-state index contributed by atoms with van der Waals surface area (Å²) >= 11 is 0. The van der Waals surface area contributed by atoms with Gasteiger partial charge in [0, 0.05) is 34.4 Å². The minimum absolute atomic E-state index is 0.0879. The predicted molar refractivity (Wildman–Crippen MR) is 126 cm³/mol. The number of Topliss-reactive ketones (excluding diaryl/α,β-unsaturated/α-hetero) is 1. The number of benzene rings is 2. The number of nitrogens with zero attached hydrogens (tertiary/aromatic N) is 2. The maximum absolute atomic E-state index is 13.2. The van der Waals surface area contributed by atoms with E-state index in [0.29, 0.717) is 11.3 Å². The number of carbonyl (C=O) groups is 2. The number of amides is 1. The van der Waals surface area contributed by atoms with Gasteiger partial charge in [-0.25, -0.2) is 0 Å². The lowest BCUT2D eigenvalue weighted by Gasteiger charge is -2.24. The molecule has 1 aliphatic heterocycles. The number of aromatic amines is 1. The highest BCUT2D eigenvalue weighted by Crippen LogP contribution is 2.42. The van der Waals surface area contributed by atoms with Crippen molar-refractivity contribution in [3.05, 3.63) is 107 Å². The van der Waals surface area contributed by atoms with E-state index < -0.39 is 17.7 Å². The molecule has 6 nitrogen and oxygen atoms in total. The molecular weight excluding hydrogens is 414 g/mol. The summed E-state index contributed by atoms with van der Waals surface area (Å²) in [6, 6.07) is 19.8. The largest absolute Gasteiger partial charge is 0.507 e. The maximum Gasteiger partial charge on any atom is 0.296 e. The number of aromatic nitrogens is 2. The van der Waals surface area contributed by atoms with Crippen LogP contribution in [0.4, 0.5) is 0 Å². The van der Waals surface area contributed by atoms with Gasteiger partial charge < -0.3 is 15.0 Å². The van der Waals surface area contributed by atoms with Crippen LogP contribution >= 0.6 is 0 Å². The summed E-state index contributed by atoms with van der Waals surface area (Å²) in [6.07, 6.45) is 4.33. The van der Waals surface area contributed by atoms with Crippen molar-refractivity contribution < 1.29 is 14.7 Å². The molecular formula is C27H23N3O3. The molecule has 1 aliphatic rings. The number of hydrogen-bond acceptors (Lipinski definition) is 4. The molecule has 1 amide bonds. The molecule has 0 spiro atoms. The molecule has 1 saturated heterocycles. The van der Waals surface area contributed by atoms with Crippen LogP contribution in [0.15, 0.2) is 84.7 Å². The molecule has 2 N–H and O–H groups in total.